The van der Waals surface area contributed by atoms with Gasteiger partial charge in [0.15, 0.2) is 16.8 Å². The fraction of sp³-hybridized carbons (Fsp3) is 0.250. The third-order valence-corrected chi connectivity index (χ3v) is 2.01. The van der Waals surface area contributed by atoms with Crippen LogP contribution in [0.15, 0.2) is 27.6 Å². The second-order valence-electron chi connectivity index (χ2n) is 3.09. The summed E-state index contributed by atoms with van der Waals surface area (Å²) in [7, 11) is 0. The molecular weight excluding hydrogens is 208 g/mol. The van der Waals surface area contributed by atoms with Gasteiger partial charge < -0.3 is 14.6 Å². The van der Waals surface area contributed by atoms with E-state index in [1.807, 2.05) is 13.8 Å². The van der Waals surface area contributed by atoms with Gasteiger partial charge in [0.05, 0.1) is 11.6 Å². The van der Waals surface area contributed by atoms with E-state index in [0.717, 1.165) is 6.07 Å². The molecule has 0 aliphatic rings. The van der Waals surface area contributed by atoms with Crippen molar-refractivity contribution in [1.82, 2.24) is 0 Å². The number of rotatable bonds is 0. The molecule has 86 valence electrons. The molecule has 0 saturated heterocycles. The summed E-state index contributed by atoms with van der Waals surface area (Å²) in [6, 6.07) is 2.40. The maximum absolute atomic E-state index is 11.6. The molecule has 0 aliphatic heterocycles. The Hall–Kier alpha value is -1.97. The molecule has 0 unspecified atom stereocenters. The van der Waals surface area contributed by atoms with Gasteiger partial charge in [-0.2, -0.15) is 0 Å². The van der Waals surface area contributed by atoms with E-state index in [1.54, 1.807) is 6.92 Å². The third-order valence-electron chi connectivity index (χ3n) is 2.01. The zero-order chi connectivity index (χ0) is 12.3. The van der Waals surface area contributed by atoms with Gasteiger partial charge in [-0.15, -0.1) is 0 Å². The van der Waals surface area contributed by atoms with E-state index in [0.29, 0.717) is 5.56 Å². The van der Waals surface area contributed by atoms with Crippen LogP contribution in [0.2, 0.25) is 0 Å². The van der Waals surface area contributed by atoms with Crippen LogP contribution in [0.3, 0.4) is 0 Å². The van der Waals surface area contributed by atoms with Crippen LogP contribution < -0.4 is 5.43 Å². The molecule has 0 amide bonds. The molecule has 4 heteroatoms. The van der Waals surface area contributed by atoms with Crippen LogP contribution in [0.25, 0.3) is 11.0 Å². The number of hydrogen-bond donors (Lipinski definition) is 2. The van der Waals surface area contributed by atoms with Crippen molar-refractivity contribution in [3.8, 4) is 11.5 Å². The average Bonchev–Trinajstić information content (AvgIpc) is 2.27. The maximum atomic E-state index is 11.6. The van der Waals surface area contributed by atoms with Crippen LogP contribution in [0, 0.1) is 6.92 Å². The van der Waals surface area contributed by atoms with Crippen LogP contribution in [0.1, 0.15) is 19.4 Å². The van der Waals surface area contributed by atoms with Gasteiger partial charge in [-0.1, -0.05) is 13.8 Å². The molecular formula is C12H14O4. The minimum absolute atomic E-state index is 0.0957. The molecule has 4 nitrogen and oxygen atoms in total. The zero-order valence-electron chi connectivity index (χ0n) is 9.44. The van der Waals surface area contributed by atoms with E-state index in [2.05, 4.69) is 0 Å². The van der Waals surface area contributed by atoms with E-state index in [-0.39, 0.29) is 27.9 Å². The van der Waals surface area contributed by atoms with Crippen LogP contribution in [0.5, 0.6) is 11.5 Å². The van der Waals surface area contributed by atoms with Crippen molar-refractivity contribution in [2.24, 2.45) is 0 Å². The first-order valence-electron chi connectivity index (χ1n) is 5.03. The monoisotopic (exact) mass is 222 g/mol. The highest BCUT2D eigenvalue weighted by atomic mass is 16.3. The van der Waals surface area contributed by atoms with Crippen molar-refractivity contribution in [2.75, 3.05) is 0 Å². The Bertz CT molecular complexity index is 555. The number of benzene rings is 1. The summed E-state index contributed by atoms with van der Waals surface area (Å²) in [5.41, 5.74) is 0.276. The Labute approximate surface area is 92.8 Å². The molecule has 16 heavy (non-hydrogen) atoms. The fourth-order valence-corrected chi connectivity index (χ4v) is 1.30. The van der Waals surface area contributed by atoms with Gasteiger partial charge in [-0.25, -0.2) is 0 Å². The number of aromatic hydroxyl groups is 2. The molecule has 0 aliphatic carbocycles. The number of aryl methyl sites for hydroxylation is 1. The van der Waals surface area contributed by atoms with Crippen LogP contribution >= 0.6 is 0 Å². The van der Waals surface area contributed by atoms with Gasteiger partial charge in [0.25, 0.3) is 0 Å². The average molecular weight is 222 g/mol. The van der Waals surface area contributed by atoms with Gasteiger partial charge in [-0.3, -0.25) is 4.79 Å². The summed E-state index contributed by atoms with van der Waals surface area (Å²) in [5, 5.41) is 18.7. The van der Waals surface area contributed by atoms with E-state index in [4.69, 9.17) is 4.42 Å². The number of phenols is 2. The van der Waals surface area contributed by atoms with Gasteiger partial charge in [0.1, 0.15) is 5.75 Å². The molecule has 1 heterocycles. The third kappa shape index (κ3) is 2.00. The first kappa shape index (κ1) is 12.1. The van der Waals surface area contributed by atoms with Gasteiger partial charge in [0.2, 0.25) is 0 Å². The highest BCUT2D eigenvalue weighted by Gasteiger charge is 2.09. The van der Waals surface area contributed by atoms with Crippen molar-refractivity contribution >= 4 is 11.0 Å². The summed E-state index contributed by atoms with van der Waals surface area (Å²) in [4.78, 5) is 11.6. The second-order valence-corrected chi connectivity index (χ2v) is 3.09. The topological polar surface area (TPSA) is 70.7 Å². The SMILES string of the molecule is CC.Cc1coc2c(O)cc(O)cc2c1=O. The zero-order valence-corrected chi connectivity index (χ0v) is 9.44. The Morgan fingerprint density at radius 3 is 2.44 bits per heavy atom. The summed E-state index contributed by atoms with van der Waals surface area (Å²) < 4.78 is 5.05. The number of phenolic OH excluding ortho intramolecular Hbond substituents is 2. The standard InChI is InChI=1S/C10H8O4.C2H6/c1-5-4-14-10-7(9(5)13)2-6(11)3-8(10)12;1-2/h2-4,11-12H,1H3;1-2H3. The Balaban J connectivity index is 0.000000606. The largest absolute Gasteiger partial charge is 0.508 e. The normalized spacial score (nSPS) is 9.69. The summed E-state index contributed by atoms with van der Waals surface area (Å²) >= 11 is 0. The predicted octanol–water partition coefficient (Wildman–Crippen LogP) is 2.54. The second kappa shape index (κ2) is 4.70. The molecule has 2 N–H and O–H groups in total. The molecule has 0 saturated carbocycles. The smallest absolute Gasteiger partial charge is 0.195 e. The lowest BCUT2D eigenvalue weighted by molar-refractivity contribution is 0.444. The van der Waals surface area contributed by atoms with Crippen LogP contribution in [0.4, 0.5) is 0 Å². The van der Waals surface area contributed by atoms with Crippen molar-refractivity contribution in [3.05, 3.63) is 34.2 Å². The summed E-state index contributed by atoms with van der Waals surface area (Å²) in [6.45, 7) is 5.60. The lowest BCUT2D eigenvalue weighted by Crippen LogP contribution is -2.04. The van der Waals surface area contributed by atoms with Crippen molar-refractivity contribution in [1.29, 1.82) is 0 Å². The molecule has 1 aromatic heterocycles. The van der Waals surface area contributed by atoms with Gasteiger partial charge in [-0.05, 0) is 13.0 Å². The molecule has 2 aromatic rings. The van der Waals surface area contributed by atoms with E-state index in [9.17, 15) is 15.0 Å². The van der Waals surface area contributed by atoms with Crippen molar-refractivity contribution in [3.63, 3.8) is 0 Å². The highest BCUT2D eigenvalue weighted by molar-refractivity contribution is 5.84. The van der Waals surface area contributed by atoms with E-state index < -0.39 is 0 Å². The van der Waals surface area contributed by atoms with Gasteiger partial charge in [0, 0.05) is 11.6 Å². The molecule has 0 radical (unpaired) electrons. The Kier molecular flexibility index (Phi) is 3.55. The van der Waals surface area contributed by atoms with Crippen molar-refractivity contribution < 1.29 is 14.6 Å². The molecule has 0 spiro atoms. The van der Waals surface area contributed by atoms with E-state index in [1.165, 1.54) is 12.3 Å². The predicted molar refractivity (Wildman–Crippen MR) is 61.9 cm³/mol. The lowest BCUT2D eigenvalue weighted by Gasteiger charge is -2.01. The van der Waals surface area contributed by atoms with Crippen LogP contribution in [-0.4, -0.2) is 10.2 Å². The fourth-order valence-electron chi connectivity index (χ4n) is 1.30. The maximum Gasteiger partial charge on any atom is 0.195 e. The number of hydrogen-bond acceptors (Lipinski definition) is 4. The molecule has 2 rings (SSSR count). The van der Waals surface area contributed by atoms with Crippen molar-refractivity contribution in [2.45, 2.75) is 20.8 Å². The van der Waals surface area contributed by atoms with Crippen LogP contribution in [-0.2, 0) is 0 Å². The van der Waals surface area contributed by atoms with E-state index >= 15 is 0 Å². The first-order valence-corrected chi connectivity index (χ1v) is 5.03. The highest BCUT2D eigenvalue weighted by Crippen LogP contribution is 2.27. The molecule has 0 bridgehead atoms. The molecule has 1 aromatic carbocycles. The molecule has 0 fully saturated rings. The summed E-state index contributed by atoms with van der Waals surface area (Å²) in [5.74, 6) is -0.398. The lowest BCUT2D eigenvalue weighted by atomic mass is 10.1. The molecule has 0 atom stereocenters. The summed E-state index contributed by atoms with van der Waals surface area (Å²) in [6.07, 6.45) is 1.28. The Morgan fingerprint density at radius 2 is 1.81 bits per heavy atom. The minimum atomic E-state index is -0.252. The first-order chi connectivity index (χ1) is 7.59. The van der Waals surface area contributed by atoms with Gasteiger partial charge >= 0.3 is 0 Å². The quantitative estimate of drug-likeness (QED) is 0.718. The Morgan fingerprint density at radius 1 is 1.19 bits per heavy atom. The minimum Gasteiger partial charge on any atom is -0.508 e. The number of fused-ring (bicyclic) bond motifs is 1.